The molecule has 0 bridgehead atoms. The average Bonchev–Trinajstić information content (AvgIpc) is 2.22. The highest BCUT2D eigenvalue weighted by Crippen LogP contribution is 2.20. The van der Waals surface area contributed by atoms with Crippen LogP contribution in [0.25, 0.3) is 0 Å². The number of rotatable bonds is 7. The summed E-state index contributed by atoms with van der Waals surface area (Å²) < 4.78 is 10.7. The van der Waals surface area contributed by atoms with Gasteiger partial charge < -0.3 is 14.8 Å². The van der Waals surface area contributed by atoms with Gasteiger partial charge in [-0.1, -0.05) is 6.92 Å². The van der Waals surface area contributed by atoms with E-state index in [0.717, 1.165) is 13.0 Å². The number of methoxy groups -OCH3 is 1. The average molecular weight is 259 g/mol. The monoisotopic (exact) mass is 259 g/mol. The Morgan fingerprint density at radius 1 is 1.28 bits per heavy atom. The molecule has 108 valence electrons. The molecule has 2 atom stereocenters. The van der Waals surface area contributed by atoms with E-state index in [4.69, 9.17) is 9.47 Å². The lowest BCUT2D eigenvalue weighted by molar-refractivity contribution is -0.151. The molecule has 1 N–H and O–H groups in total. The first-order valence-corrected chi connectivity index (χ1v) is 6.66. The van der Waals surface area contributed by atoms with Gasteiger partial charge in [-0.15, -0.1) is 0 Å². The molecule has 0 fully saturated rings. The zero-order valence-corrected chi connectivity index (χ0v) is 12.9. The lowest BCUT2D eigenvalue weighted by atomic mass is 9.94. The predicted molar refractivity (Wildman–Crippen MR) is 73.6 cm³/mol. The largest absolute Gasteiger partial charge is 0.468 e. The zero-order valence-electron chi connectivity index (χ0n) is 12.9. The number of carbonyl (C=O) groups is 1. The van der Waals surface area contributed by atoms with Crippen molar-refractivity contribution in [1.29, 1.82) is 0 Å². The second-order valence-electron chi connectivity index (χ2n) is 6.00. The standard InChI is InChI=1S/C14H29NO3/c1-8-9-15-14(6,12(16)17-7)10-11(2)18-13(3,4)5/h11,15H,8-10H2,1-7H3. The van der Waals surface area contributed by atoms with Crippen LogP contribution in [0.2, 0.25) is 0 Å². The van der Waals surface area contributed by atoms with Crippen molar-refractivity contribution < 1.29 is 14.3 Å². The Kier molecular flexibility index (Phi) is 6.86. The molecule has 2 unspecified atom stereocenters. The molecule has 0 amide bonds. The number of hydrogen-bond acceptors (Lipinski definition) is 4. The van der Waals surface area contributed by atoms with Crippen LogP contribution >= 0.6 is 0 Å². The summed E-state index contributed by atoms with van der Waals surface area (Å²) in [4.78, 5) is 11.9. The first kappa shape index (κ1) is 17.4. The van der Waals surface area contributed by atoms with Gasteiger partial charge in [0.1, 0.15) is 5.54 Å². The summed E-state index contributed by atoms with van der Waals surface area (Å²) in [6.07, 6.45) is 1.55. The van der Waals surface area contributed by atoms with Crippen LogP contribution in [-0.2, 0) is 14.3 Å². The van der Waals surface area contributed by atoms with Crippen molar-refractivity contribution in [2.75, 3.05) is 13.7 Å². The summed E-state index contributed by atoms with van der Waals surface area (Å²) in [5, 5.41) is 3.26. The minimum absolute atomic E-state index is 0.0153. The number of hydrogen-bond donors (Lipinski definition) is 1. The third-order valence-electron chi connectivity index (χ3n) is 2.65. The molecule has 4 nitrogen and oxygen atoms in total. The first-order valence-electron chi connectivity index (χ1n) is 6.66. The van der Waals surface area contributed by atoms with E-state index in [9.17, 15) is 4.79 Å². The fourth-order valence-corrected chi connectivity index (χ4v) is 2.07. The van der Waals surface area contributed by atoms with Gasteiger partial charge in [-0.2, -0.15) is 0 Å². The van der Waals surface area contributed by atoms with Crippen LogP contribution in [0.3, 0.4) is 0 Å². The van der Waals surface area contributed by atoms with E-state index >= 15 is 0 Å². The van der Waals surface area contributed by atoms with Gasteiger partial charge in [0.25, 0.3) is 0 Å². The lowest BCUT2D eigenvalue weighted by Gasteiger charge is -2.33. The van der Waals surface area contributed by atoms with E-state index in [2.05, 4.69) is 12.2 Å². The van der Waals surface area contributed by atoms with Gasteiger partial charge >= 0.3 is 5.97 Å². The Morgan fingerprint density at radius 3 is 2.22 bits per heavy atom. The SMILES string of the molecule is CCCNC(C)(CC(C)OC(C)(C)C)C(=O)OC. The van der Waals surface area contributed by atoms with Crippen molar-refractivity contribution in [3.63, 3.8) is 0 Å². The maximum atomic E-state index is 11.9. The van der Waals surface area contributed by atoms with Crippen molar-refractivity contribution >= 4 is 5.97 Å². The minimum Gasteiger partial charge on any atom is -0.468 e. The number of carbonyl (C=O) groups excluding carboxylic acids is 1. The number of esters is 1. The minimum atomic E-state index is -0.685. The molecule has 0 spiro atoms. The summed E-state index contributed by atoms with van der Waals surface area (Å²) >= 11 is 0. The fourth-order valence-electron chi connectivity index (χ4n) is 2.07. The Hall–Kier alpha value is -0.610. The molecular formula is C14H29NO3. The van der Waals surface area contributed by atoms with Gasteiger partial charge in [0, 0.05) is 6.42 Å². The number of ether oxygens (including phenoxy) is 2. The third kappa shape index (κ3) is 6.36. The van der Waals surface area contributed by atoms with Gasteiger partial charge in [0.15, 0.2) is 0 Å². The highest BCUT2D eigenvalue weighted by molar-refractivity contribution is 5.80. The normalized spacial score (nSPS) is 17.1. The molecule has 0 aliphatic carbocycles. The summed E-state index contributed by atoms with van der Waals surface area (Å²) in [6.45, 7) is 12.8. The van der Waals surface area contributed by atoms with Crippen molar-refractivity contribution in [3.05, 3.63) is 0 Å². The van der Waals surface area contributed by atoms with E-state index in [0.29, 0.717) is 6.42 Å². The molecule has 0 saturated heterocycles. The molecule has 0 rings (SSSR count). The van der Waals surface area contributed by atoms with E-state index in [1.807, 2.05) is 34.6 Å². The van der Waals surface area contributed by atoms with Crippen LogP contribution in [0, 0.1) is 0 Å². The Balaban J connectivity index is 4.63. The Bertz CT molecular complexity index is 260. The topological polar surface area (TPSA) is 47.6 Å². The van der Waals surface area contributed by atoms with Gasteiger partial charge in [0.2, 0.25) is 0 Å². The second kappa shape index (κ2) is 7.10. The van der Waals surface area contributed by atoms with Crippen LogP contribution in [0.5, 0.6) is 0 Å². The molecule has 0 aliphatic heterocycles. The van der Waals surface area contributed by atoms with Crippen molar-refractivity contribution in [3.8, 4) is 0 Å². The van der Waals surface area contributed by atoms with Gasteiger partial charge in [-0.3, -0.25) is 4.79 Å². The zero-order chi connectivity index (χ0) is 14.4. The van der Waals surface area contributed by atoms with Crippen molar-refractivity contribution in [2.45, 2.75) is 71.6 Å². The molecule has 0 aromatic rings. The smallest absolute Gasteiger partial charge is 0.325 e. The van der Waals surface area contributed by atoms with Crippen LogP contribution in [0.15, 0.2) is 0 Å². The van der Waals surface area contributed by atoms with Crippen LogP contribution in [-0.4, -0.2) is 36.9 Å². The number of nitrogens with one attached hydrogen (secondary N) is 1. The summed E-state index contributed by atoms with van der Waals surface area (Å²) in [6, 6.07) is 0. The predicted octanol–water partition coefficient (Wildman–Crippen LogP) is 2.51. The van der Waals surface area contributed by atoms with Crippen molar-refractivity contribution in [1.82, 2.24) is 5.32 Å². The molecule has 4 heteroatoms. The van der Waals surface area contributed by atoms with Crippen LogP contribution in [0.1, 0.15) is 54.4 Å². The molecule has 18 heavy (non-hydrogen) atoms. The Labute approximate surface area is 111 Å². The summed E-state index contributed by atoms with van der Waals surface area (Å²) in [5.74, 6) is -0.236. The van der Waals surface area contributed by atoms with E-state index in [1.54, 1.807) is 0 Å². The van der Waals surface area contributed by atoms with E-state index in [-0.39, 0.29) is 17.7 Å². The highest BCUT2D eigenvalue weighted by atomic mass is 16.5. The fraction of sp³-hybridized carbons (Fsp3) is 0.929. The van der Waals surface area contributed by atoms with Gasteiger partial charge in [-0.05, 0) is 47.6 Å². The molecular weight excluding hydrogens is 230 g/mol. The molecule has 0 aromatic carbocycles. The quantitative estimate of drug-likeness (QED) is 0.714. The van der Waals surface area contributed by atoms with E-state index < -0.39 is 5.54 Å². The molecule has 0 saturated carbocycles. The van der Waals surface area contributed by atoms with Gasteiger partial charge in [-0.25, -0.2) is 0 Å². The summed E-state index contributed by atoms with van der Waals surface area (Å²) in [5.41, 5.74) is -0.892. The third-order valence-corrected chi connectivity index (χ3v) is 2.65. The molecule has 0 aliphatic rings. The molecule has 0 aromatic heterocycles. The van der Waals surface area contributed by atoms with Gasteiger partial charge in [0.05, 0.1) is 18.8 Å². The lowest BCUT2D eigenvalue weighted by Crippen LogP contribution is -2.52. The molecule has 0 heterocycles. The molecule has 0 radical (unpaired) electrons. The highest BCUT2D eigenvalue weighted by Gasteiger charge is 2.36. The van der Waals surface area contributed by atoms with Crippen LogP contribution < -0.4 is 5.32 Å². The second-order valence-corrected chi connectivity index (χ2v) is 6.00. The Morgan fingerprint density at radius 2 is 1.83 bits per heavy atom. The summed E-state index contributed by atoms with van der Waals surface area (Å²) in [7, 11) is 1.42. The van der Waals surface area contributed by atoms with Crippen LogP contribution in [0.4, 0.5) is 0 Å². The van der Waals surface area contributed by atoms with E-state index in [1.165, 1.54) is 7.11 Å². The first-order chi connectivity index (χ1) is 8.14. The maximum Gasteiger partial charge on any atom is 0.325 e. The maximum absolute atomic E-state index is 11.9. The van der Waals surface area contributed by atoms with Crippen molar-refractivity contribution in [2.24, 2.45) is 0 Å².